The van der Waals surface area contributed by atoms with E-state index in [1.165, 1.54) is 0 Å². The van der Waals surface area contributed by atoms with E-state index in [4.69, 9.17) is 9.84 Å². The van der Waals surface area contributed by atoms with E-state index in [1.54, 1.807) is 6.92 Å². The maximum absolute atomic E-state index is 13.0. The minimum atomic E-state index is -6.41. The summed E-state index contributed by atoms with van der Waals surface area (Å²) in [5.41, 5.74) is 0. The van der Waals surface area contributed by atoms with Crippen molar-refractivity contribution in [3.8, 4) is 0 Å². The highest BCUT2D eigenvalue weighted by Gasteiger charge is 2.75. The summed E-state index contributed by atoms with van der Waals surface area (Å²) < 4.78 is 91.6. The molecule has 0 spiro atoms. The Morgan fingerprint density at radius 2 is 1.50 bits per heavy atom. The first-order valence-corrected chi connectivity index (χ1v) is 6.06. The van der Waals surface area contributed by atoms with Crippen molar-refractivity contribution in [3.63, 3.8) is 0 Å². The van der Waals surface area contributed by atoms with Crippen molar-refractivity contribution in [2.75, 3.05) is 13.2 Å². The molecule has 0 fully saturated rings. The Hall–Kier alpha value is -0.570. The molecule has 0 aromatic rings. The van der Waals surface area contributed by atoms with Crippen LogP contribution in [-0.2, 0) is 4.74 Å². The van der Waals surface area contributed by atoms with E-state index in [0.717, 1.165) is 0 Å². The third-order valence-electron chi connectivity index (χ3n) is 2.66. The molecule has 2 nitrogen and oxygen atoms in total. The smallest absolute Gasteiger partial charge is 0.387 e. The van der Waals surface area contributed by atoms with Gasteiger partial charge in [-0.15, -0.1) is 0 Å². The molecule has 0 aliphatic rings. The van der Waals surface area contributed by atoms with Crippen molar-refractivity contribution < 1.29 is 40.6 Å². The lowest BCUT2D eigenvalue weighted by molar-refractivity contribution is -0.371. The van der Waals surface area contributed by atoms with Gasteiger partial charge in [-0.3, -0.25) is 0 Å². The van der Waals surface area contributed by atoms with Gasteiger partial charge in [0.2, 0.25) is 0 Å². The molecule has 0 saturated heterocycles. The average molecular weight is 314 g/mol. The molecule has 0 heterocycles. The van der Waals surface area contributed by atoms with E-state index in [2.05, 4.69) is 0 Å². The Balaban J connectivity index is 4.35. The quantitative estimate of drug-likeness (QED) is 0.518. The maximum atomic E-state index is 13.0. The number of ether oxygens (including phenoxy) is 1. The van der Waals surface area contributed by atoms with Gasteiger partial charge in [0.15, 0.2) is 0 Å². The van der Waals surface area contributed by atoms with Crippen LogP contribution in [-0.4, -0.2) is 42.4 Å². The Bertz CT molecular complexity index is 278. The van der Waals surface area contributed by atoms with Crippen molar-refractivity contribution in [1.29, 1.82) is 0 Å². The van der Waals surface area contributed by atoms with Crippen molar-refractivity contribution in [1.82, 2.24) is 0 Å². The van der Waals surface area contributed by atoms with Crippen LogP contribution in [0.4, 0.5) is 30.7 Å². The molecule has 1 atom stereocenters. The Labute approximate surface area is 111 Å². The number of aliphatic hydroxyl groups excluding tert-OH is 1. The lowest BCUT2D eigenvalue weighted by atomic mass is 9.99. The second-order valence-corrected chi connectivity index (χ2v) is 4.26. The van der Waals surface area contributed by atoms with Crippen LogP contribution in [0.2, 0.25) is 0 Å². The normalized spacial score (nSPS) is 15.4. The molecule has 0 aromatic carbocycles. The summed E-state index contributed by atoms with van der Waals surface area (Å²) in [6, 6.07) is 0. The molecule has 0 amide bonds. The molecule has 1 N–H and O–H groups in total. The van der Waals surface area contributed by atoms with Crippen LogP contribution in [0.25, 0.3) is 0 Å². The van der Waals surface area contributed by atoms with Gasteiger partial charge in [0, 0.05) is 13.2 Å². The van der Waals surface area contributed by atoms with E-state index >= 15 is 0 Å². The molecule has 0 rings (SSSR count). The van der Waals surface area contributed by atoms with Gasteiger partial charge in [0.25, 0.3) is 0 Å². The predicted molar refractivity (Wildman–Crippen MR) is 56.9 cm³/mol. The summed E-state index contributed by atoms with van der Waals surface area (Å²) in [5.74, 6) is -11.8. The highest BCUT2D eigenvalue weighted by atomic mass is 19.4. The summed E-state index contributed by atoms with van der Waals surface area (Å²) in [6.45, 7) is 2.53. The number of unbranched alkanes of at least 4 members (excludes halogenated alkanes) is 2. The largest absolute Gasteiger partial charge is 0.459 e. The van der Waals surface area contributed by atoms with Gasteiger partial charge in [0.05, 0.1) is 0 Å². The number of halogens is 7. The standard InChI is InChI=1S/C11H17F7O2/c1-2-20-7-5-3-4-6-8(19)9(12,13)10(14,15)11(16,17)18/h8,19H,2-7H2,1H3/t8-/m1/s1. The summed E-state index contributed by atoms with van der Waals surface area (Å²) in [6.07, 6.45) is -9.67. The fraction of sp³-hybridized carbons (Fsp3) is 1.00. The number of aliphatic hydroxyl groups is 1. The van der Waals surface area contributed by atoms with Gasteiger partial charge in [-0.05, 0) is 19.8 Å². The topological polar surface area (TPSA) is 29.5 Å². The molecule has 0 aromatic heterocycles. The van der Waals surface area contributed by atoms with Gasteiger partial charge >= 0.3 is 18.0 Å². The van der Waals surface area contributed by atoms with Gasteiger partial charge in [0.1, 0.15) is 6.10 Å². The van der Waals surface area contributed by atoms with Gasteiger partial charge in [-0.1, -0.05) is 12.8 Å². The Morgan fingerprint density at radius 1 is 0.950 bits per heavy atom. The van der Waals surface area contributed by atoms with Crippen molar-refractivity contribution in [3.05, 3.63) is 0 Å². The fourth-order valence-electron chi connectivity index (χ4n) is 1.44. The molecule has 0 aliphatic carbocycles. The monoisotopic (exact) mass is 314 g/mol. The van der Waals surface area contributed by atoms with E-state index in [9.17, 15) is 30.7 Å². The molecular weight excluding hydrogens is 297 g/mol. The maximum Gasteiger partial charge on any atom is 0.459 e. The average Bonchev–Trinajstić information content (AvgIpc) is 2.31. The second-order valence-electron chi connectivity index (χ2n) is 4.26. The minimum Gasteiger partial charge on any atom is -0.387 e. The van der Waals surface area contributed by atoms with E-state index in [1.807, 2.05) is 0 Å². The van der Waals surface area contributed by atoms with Crippen LogP contribution >= 0.6 is 0 Å². The van der Waals surface area contributed by atoms with Crippen LogP contribution in [0.15, 0.2) is 0 Å². The molecule has 20 heavy (non-hydrogen) atoms. The molecule has 9 heteroatoms. The second kappa shape index (κ2) is 7.44. The number of hydrogen-bond acceptors (Lipinski definition) is 2. The summed E-state index contributed by atoms with van der Waals surface area (Å²) in [4.78, 5) is 0. The molecule has 0 aliphatic heterocycles. The lowest BCUT2D eigenvalue weighted by Gasteiger charge is -2.31. The molecule has 0 bridgehead atoms. The summed E-state index contributed by atoms with van der Waals surface area (Å²) in [7, 11) is 0. The fourth-order valence-corrected chi connectivity index (χ4v) is 1.44. The third-order valence-corrected chi connectivity index (χ3v) is 2.66. The van der Waals surface area contributed by atoms with Crippen molar-refractivity contribution >= 4 is 0 Å². The molecule has 0 radical (unpaired) electrons. The van der Waals surface area contributed by atoms with Gasteiger partial charge < -0.3 is 9.84 Å². The molecule has 0 unspecified atom stereocenters. The van der Waals surface area contributed by atoms with E-state index in [-0.39, 0.29) is 12.8 Å². The molecule has 0 saturated carbocycles. The lowest BCUT2D eigenvalue weighted by Crippen LogP contribution is -2.57. The Morgan fingerprint density at radius 3 is 1.95 bits per heavy atom. The first kappa shape index (κ1) is 19.4. The number of rotatable bonds is 9. The van der Waals surface area contributed by atoms with Crippen LogP contribution < -0.4 is 0 Å². The molecule has 122 valence electrons. The number of hydrogen-bond donors (Lipinski definition) is 1. The minimum absolute atomic E-state index is 0.0994. The zero-order valence-corrected chi connectivity index (χ0v) is 10.8. The van der Waals surface area contributed by atoms with E-state index < -0.39 is 30.5 Å². The third kappa shape index (κ3) is 4.76. The van der Waals surface area contributed by atoms with Crippen LogP contribution in [0, 0.1) is 0 Å². The predicted octanol–water partition coefficient (Wildman–Crippen LogP) is 3.78. The van der Waals surface area contributed by atoms with Gasteiger partial charge in [-0.2, -0.15) is 30.7 Å². The van der Waals surface area contributed by atoms with Crippen LogP contribution in [0.5, 0.6) is 0 Å². The zero-order valence-electron chi connectivity index (χ0n) is 10.8. The Kier molecular flexibility index (Phi) is 7.23. The SMILES string of the molecule is CCOCCCCC[C@@H](O)C(F)(F)C(F)(F)C(F)(F)F. The first-order chi connectivity index (χ1) is 8.98. The summed E-state index contributed by atoms with van der Waals surface area (Å²) >= 11 is 0. The van der Waals surface area contributed by atoms with Crippen molar-refractivity contribution in [2.24, 2.45) is 0 Å². The highest BCUT2D eigenvalue weighted by molar-refractivity contribution is 4.95. The first-order valence-electron chi connectivity index (χ1n) is 6.06. The zero-order chi connectivity index (χ0) is 16.0. The number of alkyl halides is 7. The van der Waals surface area contributed by atoms with Crippen molar-refractivity contribution in [2.45, 2.75) is 56.7 Å². The van der Waals surface area contributed by atoms with E-state index in [0.29, 0.717) is 19.6 Å². The molecular formula is C11H17F7O2. The van der Waals surface area contributed by atoms with Crippen LogP contribution in [0.3, 0.4) is 0 Å². The highest BCUT2D eigenvalue weighted by Crippen LogP contribution is 2.48. The summed E-state index contributed by atoms with van der Waals surface area (Å²) in [5, 5.41) is 8.92. The van der Waals surface area contributed by atoms with Gasteiger partial charge in [-0.25, -0.2) is 0 Å². The van der Waals surface area contributed by atoms with Crippen LogP contribution in [0.1, 0.15) is 32.6 Å².